The van der Waals surface area contributed by atoms with E-state index in [1.54, 1.807) is 0 Å². The number of likely N-dealkylation sites (N-methyl/N-ethyl adjacent to an activating group) is 1. The van der Waals surface area contributed by atoms with Crippen LogP contribution in [0.4, 0.5) is 5.69 Å². The highest BCUT2D eigenvalue weighted by atomic mass is 16.2. The number of nitrogen functional groups attached to an aromatic ring is 1. The summed E-state index contributed by atoms with van der Waals surface area (Å²) < 4.78 is 0. The largest absolute Gasteiger partial charge is 0.399 e. The first kappa shape index (κ1) is 14.5. The monoisotopic (exact) mass is 249 g/mol. The second-order valence-electron chi connectivity index (χ2n) is 4.91. The van der Waals surface area contributed by atoms with E-state index in [1.165, 1.54) is 0 Å². The van der Waals surface area contributed by atoms with Gasteiger partial charge < -0.3 is 11.1 Å². The van der Waals surface area contributed by atoms with Crippen LogP contribution in [0.5, 0.6) is 0 Å². The summed E-state index contributed by atoms with van der Waals surface area (Å²) in [5, 5.41) is 2.88. The van der Waals surface area contributed by atoms with Gasteiger partial charge in [0.1, 0.15) is 0 Å². The van der Waals surface area contributed by atoms with Crippen LogP contribution in [-0.4, -0.2) is 37.0 Å². The zero-order valence-electron chi connectivity index (χ0n) is 11.4. The lowest BCUT2D eigenvalue weighted by Gasteiger charge is -2.17. The zero-order chi connectivity index (χ0) is 13.5. The molecule has 0 aromatic heterocycles. The highest BCUT2D eigenvalue weighted by Crippen LogP contribution is 2.11. The van der Waals surface area contributed by atoms with E-state index in [9.17, 15) is 4.79 Å². The molecule has 0 atom stereocenters. The van der Waals surface area contributed by atoms with Crippen LogP contribution < -0.4 is 11.1 Å². The fourth-order valence-electron chi connectivity index (χ4n) is 1.77. The molecule has 4 heteroatoms. The van der Waals surface area contributed by atoms with Gasteiger partial charge in [-0.05, 0) is 38.9 Å². The molecule has 0 heterocycles. The quantitative estimate of drug-likeness (QED) is 0.746. The van der Waals surface area contributed by atoms with Crippen molar-refractivity contribution < 1.29 is 4.79 Å². The second kappa shape index (κ2) is 7.01. The molecule has 0 unspecified atom stereocenters. The number of amides is 1. The molecular weight excluding hydrogens is 226 g/mol. The van der Waals surface area contributed by atoms with Crippen LogP contribution in [0.25, 0.3) is 0 Å². The van der Waals surface area contributed by atoms with E-state index in [-0.39, 0.29) is 11.9 Å². The van der Waals surface area contributed by atoms with E-state index in [0.29, 0.717) is 6.54 Å². The van der Waals surface area contributed by atoms with Gasteiger partial charge in [-0.15, -0.1) is 0 Å². The van der Waals surface area contributed by atoms with Crippen LogP contribution >= 0.6 is 0 Å². The Bertz CT molecular complexity index is 390. The van der Waals surface area contributed by atoms with Gasteiger partial charge in [-0.1, -0.05) is 18.2 Å². The Morgan fingerprint density at radius 3 is 2.67 bits per heavy atom. The van der Waals surface area contributed by atoms with Crippen LogP contribution in [0.1, 0.15) is 19.4 Å². The second-order valence-corrected chi connectivity index (χ2v) is 4.91. The smallest absolute Gasteiger partial charge is 0.234 e. The first-order chi connectivity index (χ1) is 8.49. The topological polar surface area (TPSA) is 58.4 Å². The summed E-state index contributed by atoms with van der Waals surface area (Å²) in [7, 11) is 1.94. The third-order valence-electron chi connectivity index (χ3n) is 2.68. The molecule has 0 saturated carbocycles. The van der Waals surface area contributed by atoms with E-state index in [4.69, 9.17) is 5.73 Å². The van der Waals surface area contributed by atoms with Crippen molar-refractivity contribution in [3.63, 3.8) is 0 Å². The lowest BCUT2D eigenvalue weighted by atomic mass is 10.1. The molecule has 1 amide bonds. The number of nitrogens with zero attached hydrogens (tertiary/aromatic N) is 1. The molecule has 0 aliphatic rings. The van der Waals surface area contributed by atoms with Crippen molar-refractivity contribution in [3.05, 3.63) is 29.8 Å². The number of nitrogens with two attached hydrogens (primary N) is 1. The van der Waals surface area contributed by atoms with E-state index in [0.717, 1.165) is 24.2 Å². The highest BCUT2D eigenvalue weighted by molar-refractivity contribution is 5.78. The Morgan fingerprint density at radius 2 is 2.06 bits per heavy atom. The molecule has 0 spiro atoms. The Morgan fingerprint density at radius 1 is 1.39 bits per heavy atom. The lowest BCUT2D eigenvalue weighted by molar-refractivity contribution is -0.122. The molecular formula is C14H23N3O. The van der Waals surface area contributed by atoms with Gasteiger partial charge >= 0.3 is 0 Å². The Kier molecular flexibility index (Phi) is 5.65. The molecule has 4 nitrogen and oxygen atoms in total. The predicted molar refractivity (Wildman–Crippen MR) is 75.3 cm³/mol. The van der Waals surface area contributed by atoms with Gasteiger partial charge in [0.15, 0.2) is 0 Å². The molecule has 100 valence electrons. The molecule has 1 rings (SSSR count). The van der Waals surface area contributed by atoms with E-state index >= 15 is 0 Å². The number of hydrogen-bond donors (Lipinski definition) is 2. The van der Waals surface area contributed by atoms with Gasteiger partial charge in [0, 0.05) is 18.3 Å². The summed E-state index contributed by atoms with van der Waals surface area (Å²) in [6.45, 7) is 5.16. The maximum Gasteiger partial charge on any atom is 0.234 e. The minimum Gasteiger partial charge on any atom is -0.399 e. The van der Waals surface area contributed by atoms with Gasteiger partial charge in [0.2, 0.25) is 5.91 Å². The lowest BCUT2D eigenvalue weighted by Crippen LogP contribution is -2.39. The highest BCUT2D eigenvalue weighted by Gasteiger charge is 2.08. The summed E-state index contributed by atoms with van der Waals surface area (Å²) in [4.78, 5) is 13.6. The van der Waals surface area contributed by atoms with Gasteiger partial charge in [-0.3, -0.25) is 9.69 Å². The Hall–Kier alpha value is -1.55. The number of para-hydroxylation sites is 1. The van der Waals surface area contributed by atoms with Crippen molar-refractivity contribution in [2.45, 2.75) is 26.3 Å². The normalized spacial score (nSPS) is 10.9. The first-order valence-electron chi connectivity index (χ1n) is 6.30. The average Bonchev–Trinajstić information content (AvgIpc) is 2.26. The number of hydrogen-bond acceptors (Lipinski definition) is 3. The van der Waals surface area contributed by atoms with Gasteiger partial charge in [0.25, 0.3) is 0 Å². The molecule has 0 saturated heterocycles. The molecule has 0 aliphatic carbocycles. The Balaban J connectivity index is 2.35. The summed E-state index contributed by atoms with van der Waals surface area (Å²) in [6, 6.07) is 8.03. The summed E-state index contributed by atoms with van der Waals surface area (Å²) in [5.41, 5.74) is 7.83. The van der Waals surface area contributed by atoms with E-state index in [1.807, 2.05) is 50.1 Å². The molecule has 18 heavy (non-hydrogen) atoms. The van der Waals surface area contributed by atoms with Crippen LogP contribution in [0, 0.1) is 0 Å². The average molecular weight is 249 g/mol. The van der Waals surface area contributed by atoms with Crippen LogP contribution in [0.3, 0.4) is 0 Å². The van der Waals surface area contributed by atoms with Crippen molar-refractivity contribution in [1.82, 2.24) is 10.2 Å². The fourth-order valence-corrected chi connectivity index (χ4v) is 1.77. The van der Waals surface area contributed by atoms with Crippen molar-refractivity contribution in [3.8, 4) is 0 Å². The number of carbonyl (C=O) groups is 1. The summed E-state index contributed by atoms with van der Waals surface area (Å²) >= 11 is 0. The molecule has 0 aliphatic heterocycles. The fraction of sp³-hybridized carbons (Fsp3) is 0.500. The van der Waals surface area contributed by atoms with Crippen molar-refractivity contribution in [2.24, 2.45) is 0 Å². The van der Waals surface area contributed by atoms with Gasteiger partial charge in [-0.2, -0.15) is 0 Å². The third kappa shape index (κ3) is 5.19. The maximum atomic E-state index is 11.6. The summed E-state index contributed by atoms with van der Waals surface area (Å²) in [5.74, 6) is 0.0635. The van der Waals surface area contributed by atoms with Crippen LogP contribution in [-0.2, 0) is 11.2 Å². The standard InChI is InChI=1S/C14H23N3O/c1-11(2)16-14(18)10-17(3)9-8-12-6-4-5-7-13(12)15/h4-7,11H,8-10,15H2,1-3H3,(H,16,18). The van der Waals surface area contributed by atoms with Crippen molar-refractivity contribution in [2.75, 3.05) is 25.9 Å². The number of benzene rings is 1. The van der Waals surface area contributed by atoms with Gasteiger partial charge in [0.05, 0.1) is 6.54 Å². The van der Waals surface area contributed by atoms with E-state index in [2.05, 4.69) is 5.32 Å². The number of nitrogens with one attached hydrogen (secondary N) is 1. The maximum absolute atomic E-state index is 11.6. The molecule has 0 radical (unpaired) electrons. The number of carbonyl (C=O) groups excluding carboxylic acids is 1. The minimum atomic E-state index is 0.0635. The number of rotatable bonds is 6. The molecule has 1 aromatic carbocycles. The van der Waals surface area contributed by atoms with E-state index < -0.39 is 0 Å². The third-order valence-corrected chi connectivity index (χ3v) is 2.68. The minimum absolute atomic E-state index is 0.0635. The van der Waals surface area contributed by atoms with Crippen LogP contribution in [0.15, 0.2) is 24.3 Å². The molecule has 0 bridgehead atoms. The predicted octanol–water partition coefficient (Wildman–Crippen LogP) is 1.27. The zero-order valence-corrected chi connectivity index (χ0v) is 11.4. The first-order valence-corrected chi connectivity index (χ1v) is 6.30. The number of anilines is 1. The summed E-state index contributed by atoms with van der Waals surface area (Å²) in [6.07, 6.45) is 0.859. The molecule has 0 fully saturated rings. The molecule has 3 N–H and O–H groups in total. The van der Waals surface area contributed by atoms with Crippen LogP contribution in [0.2, 0.25) is 0 Å². The Labute approximate surface area is 109 Å². The van der Waals surface area contributed by atoms with Crippen molar-refractivity contribution >= 4 is 11.6 Å². The SMILES string of the molecule is CC(C)NC(=O)CN(C)CCc1ccccc1N. The van der Waals surface area contributed by atoms with Gasteiger partial charge in [-0.25, -0.2) is 0 Å². The molecule has 1 aromatic rings. The van der Waals surface area contributed by atoms with Crippen molar-refractivity contribution in [1.29, 1.82) is 0 Å².